The molecular weight excluding hydrogens is 324 g/mol. The summed E-state index contributed by atoms with van der Waals surface area (Å²) in [4.78, 5) is 24.5. The minimum atomic E-state index is -1.94. The van der Waals surface area contributed by atoms with E-state index in [0.717, 1.165) is 11.1 Å². The average Bonchev–Trinajstić information content (AvgIpc) is 3.27. The monoisotopic (exact) mass is 348 g/mol. The molecule has 1 unspecified atom stereocenters. The summed E-state index contributed by atoms with van der Waals surface area (Å²) in [5.74, 6) is -1.28. The summed E-state index contributed by atoms with van der Waals surface area (Å²) in [7, 11) is 0.585. The summed E-state index contributed by atoms with van der Waals surface area (Å²) < 4.78 is 15.9. The zero-order chi connectivity index (χ0) is 18.1. The maximum absolute atomic E-state index is 12.2. The first kappa shape index (κ1) is 18.4. The van der Waals surface area contributed by atoms with Crippen molar-refractivity contribution in [2.45, 2.75) is 32.7 Å². The molecule has 24 heavy (non-hydrogen) atoms. The lowest BCUT2D eigenvalue weighted by atomic mass is 9.94. The normalized spacial score (nSPS) is 16.8. The molecule has 0 amide bonds. The van der Waals surface area contributed by atoms with Gasteiger partial charge in [0.1, 0.15) is 0 Å². The first-order valence-electron chi connectivity index (χ1n) is 7.80. The van der Waals surface area contributed by atoms with Gasteiger partial charge in [-0.05, 0) is 43.8 Å². The van der Waals surface area contributed by atoms with Crippen molar-refractivity contribution in [1.29, 1.82) is 0 Å². The van der Waals surface area contributed by atoms with Crippen LogP contribution in [-0.4, -0.2) is 34.5 Å². The molecule has 1 aromatic carbocycles. The fraction of sp³-hybridized carbons (Fsp3) is 0.444. The van der Waals surface area contributed by atoms with E-state index in [9.17, 15) is 9.59 Å². The predicted molar refractivity (Wildman–Crippen MR) is 92.9 cm³/mol. The number of carbonyl (C=O) groups is 2. The molecule has 0 spiro atoms. The summed E-state index contributed by atoms with van der Waals surface area (Å²) in [6.45, 7) is 8.20. The van der Waals surface area contributed by atoms with E-state index in [1.54, 1.807) is 6.08 Å². The van der Waals surface area contributed by atoms with Gasteiger partial charge in [-0.25, -0.2) is 0 Å². The number of rotatable bonds is 6. The lowest BCUT2D eigenvalue weighted by molar-refractivity contribution is -0.160. The number of aryl methyl sites for hydroxylation is 1. The van der Waals surface area contributed by atoms with Crippen molar-refractivity contribution in [1.82, 2.24) is 0 Å². The van der Waals surface area contributed by atoms with Crippen molar-refractivity contribution < 1.29 is 23.5 Å². The molecule has 1 aliphatic rings. The summed E-state index contributed by atoms with van der Waals surface area (Å²) in [6, 6.07) is 7.88. The third-order valence-corrected chi connectivity index (χ3v) is 4.84. The van der Waals surface area contributed by atoms with Gasteiger partial charge in [0.05, 0.1) is 20.3 Å². The Morgan fingerprint density at radius 1 is 1.00 bits per heavy atom. The highest BCUT2D eigenvalue weighted by Crippen LogP contribution is 2.54. The number of hydrogen-bond donors (Lipinski definition) is 0. The van der Waals surface area contributed by atoms with Gasteiger partial charge in [0.2, 0.25) is 5.41 Å². The molecule has 1 aliphatic carbocycles. The third-order valence-electron chi connectivity index (χ3n) is 3.89. The molecule has 1 atom stereocenters. The summed E-state index contributed by atoms with van der Waals surface area (Å²) >= 11 is 0. The van der Waals surface area contributed by atoms with Crippen LogP contribution < -0.4 is 0 Å². The minimum Gasteiger partial charge on any atom is -0.468 e. The standard InChI is InChI=1S/C18H24O5Si/c1-12-7-9-13(10-8-12)15(23-24(4,5)6)14-11-18(14,16(19)21-2)17(20)22-3/h7-11,15H,1-6H3. The van der Waals surface area contributed by atoms with Crippen molar-refractivity contribution in [2.75, 3.05) is 14.2 Å². The Balaban J connectivity index is 2.41. The molecule has 0 aliphatic heterocycles. The van der Waals surface area contributed by atoms with Gasteiger partial charge in [-0.2, -0.15) is 0 Å². The lowest BCUT2D eigenvalue weighted by Gasteiger charge is -2.28. The Bertz CT molecular complexity index is 654. The Morgan fingerprint density at radius 2 is 1.50 bits per heavy atom. The van der Waals surface area contributed by atoms with E-state index < -0.39 is 31.8 Å². The van der Waals surface area contributed by atoms with Gasteiger partial charge in [0.25, 0.3) is 0 Å². The lowest BCUT2D eigenvalue weighted by Crippen LogP contribution is -2.35. The van der Waals surface area contributed by atoms with Crippen LogP contribution in [0.25, 0.3) is 0 Å². The Labute approximate surface area is 143 Å². The average molecular weight is 348 g/mol. The quantitative estimate of drug-likeness (QED) is 0.342. The first-order chi connectivity index (χ1) is 11.2. The highest BCUT2D eigenvalue weighted by molar-refractivity contribution is 6.69. The van der Waals surface area contributed by atoms with E-state index >= 15 is 0 Å². The minimum absolute atomic E-state index is 0.463. The SMILES string of the molecule is COC(=O)C1(C(=O)OC)C=C1C(O[Si](C)(C)C)c1ccc(C)cc1. The van der Waals surface area contributed by atoms with E-state index in [-0.39, 0.29) is 0 Å². The largest absolute Gasteiger partial charge is 0.468 e. The van der Waals surface area contributed by atoms with Crippen LogP contribution in [0.4, 0.5) is 0 Å². The molecule has 130 valence electrons. The molecule has 0 N–H and O–H groups in total. The van der Waals surface area contributed by atoms with Crippen LogP contribution in [0.2, 0.25) is 19.6 Å². The second-order valence-corrected chi connectivity index (χ2v) is 11.4. The Hall–Kier alpha value is -1.92. The van der Waals surface area contributed by atoms with Gasteiger partial charge < -0.3 is 13.9 Å². The molecule has 1 aromatic rings. The molecule has 6 heteroatoms. The van der Waals surface area contributed by atoms with Crippen LogP contribution in [0.5, 0.6) is 0 Å². The van der Waals surface area contributed by atoms with Gasteiger partial charge >= 0.3 is 11.9 Å². The van der Waals surface area contributed by atoms with Crippen LogP contribution in [-0.2, 0) is 23.5 Å². The highest BCUT2D eigenvalue weighted by atomic mass is 28.4. The van der Waals surface area contributed by atoms with Gasteiger partial charge in [-0.3, -0.25) is 9.59 Å². The van der Waals surface area contributed by atoms with E-state index in [4.69, 9.17) is 13.9 Å². The van der Waals surface area contributed by atoms with Crippen LogP contribution in [0, 0.1) is 12.3 Å². The van der Waals surface area contributed by atoms with Gasteiger partial charge in [-0.15, -0.1) is 0 Å². The summed E-state index contributed by atoms with van der Waals surface area (Å²) in [6.07, 6.45) is 1.13. The van der Waals surface area contributed by atoms with Crippen molar-refractivity contribution in [2.24, 2.45) is 5.41 Å². The molecule has 0 bridgehead atoms. The topological polar surface area (TPSA) is 61.8 Å². The fourth-order valence-corrected chi connectivity index (χ4v) is 3.61. The number of methoxy groups -OCH3 is 2. The van der Waals surface area contributed by atoms with Crippen LogP contribution >= 0.6 is 0 Å². The Morgan fingerprint density at radius 3 is 1.92 bits per heavy atom. The second kappa shape index (κ2) is 6.53. The van der Waals surface area contributed by atoms with Crippen molar-refractivity contribution in [3.8, 4) is 0 Å². The number of ether oxygens (including phenoxy) is 2. The van der Waals surface area contributed by atoms with E-state index in [1.807, 2.05) is 31.2 Å². The second-order valence-electron chi connectivity index (χ2n) is 6.91. The smallest absolute Gasteiger partial charge is 0.331 e. The summed E-state index contributed by atoms with van der Waals surface area (Å²) in [5.41, 5.74) is 1.16. The maximum Gasteiger partial charge on any atom is 0.331 e. The molecule has 2 rings (SSSR count). The molecule has 0 fully saturated rings. The van der Waals surface area contributed by atoms with Crippen molar-refractivity contribution >= 4 is 20.3 Å². The zero-order valence-corrected chi connectivity index (χ0v) is 16.0. The van der Waals surface area contributed by atoms with Crippen LogP contribution in [0.1, 0.15) is 17.2 Å². The van der Waals surface area contributed by atoms with E-state index in [0.29, 0.717) is 5.57 Å². The van der Waals surface area contributed by atoms with Crippen LogP contribution in [0.3, 0.4) is 0 Å². The molecule has 0 radical (unpaired) electrons. The fourth-order valence-electron chi connectivity index (χ4n) is 2.64. The van der Waals surface area contributed by atoms with E-state index in [1.165, 1.54) is 14.2 Å². The molecule has 0 saturated carbocycles. The Kier molecular flexibility index (Phi) is 5.01. The number of benzene rings is 1. The molecule has 0 heterocycles. The number of esters is 2. The highest BCUT2D eigenvalue weighted by Gasteiger charge is 2.62. The molecule has 0 aromatic heterocycles. The molecule has 0 saturated heterocycles. The van der Waals surface area contributed by atoms with Gasteiger partial charge in [0, 0.05) is 0 Å². The van der Waals surface area contributed by atoms with E-state index in [2.05, 4.69) is 19.6 Å². The third kappa shape index (κ3) is 3.44. The predicted octanol–water partition coefficient (Wildman–Crippen LogP) is 3.16. The van der Waals surface area contributed by atoms with Gasteiger partial charge in [-0.1, -0.05) is 29.8 Å². The van der Waals surface area contributed by atoms with Gasteiger partial charge in [0.15, 0.2) is 8.32 Å². The maximum atomic E-state index is 12.2. The molecule has 5 nitrogen and oxygen atoms in total. The zero-order valence-electron chi connectivity index (χ0n) is 15.0. The summed E-state index contributed by atoms with van der Waals surface area (Å²) in [5, 5.41) is 0. The molecular formula is C18H24O5Si. The first-order valence-corrected chi connectivity index (χ1v) is 11.2. The number of hydrogen-bond acceptors (Lipinski definition) is 5. The number of carbonyl (C=O) groups excluding carboxylic acids is 2. The van der Waals surface area contributed by atoms with Crippen LogP contribution in [0.15, 0.2) is 35.9 Å². The van der Waals surface area contributed by atoms with Crippen molar-refractivity contribution in [3.05, 3.63) is 47.0 Å². The van der Waals surface area contributed by atoms with Crippen molar-refractivity contribution in [3.63, 3.8) is 0 Å².